The lowest BCUT2D eigenvalue weighted by molar-refractivity contribution is 0.0587. The van der Waals surface area contributed by atoms with Crippen LogP contribution in [-0.4, -0.2) is 36.6 Å². The molecular weight excluding hydrogens is 232 g/mol. The van der Waals surface area contributed by atoms with E-state index in [-0.39, 0.29) is 0 Å². The first-order valence-corrected chi connectivity index (χ1v) is 8.64. The van der Waals surface area contributed by atoms with E-state index >= 15 is 0 Å². The molecular formula is C17H34N2. The fourth-order valence-corrected chi connectivity index (χ4v) is 4.00. The molecule has 0 aromatic rings. The summed E-state index contributed by atoms with van der Waals surface area (Å²) in [5.74, 6) is 2.10. The van der Waals surface area contributed by atoms with Crippen molar-refractivity contribution < 1.29 is 0 Å². The SMILES string of the molecule is CC(C)NCCCC(C)N1CCC2CCCCC2C1. The van der Waals surface area contributed by atoms with Crippen LogP contribution in [0.25, 0.3) is 0 Å². The molecule has 1 heterocycles. The van der Waals surface area contributed by atoms with E-state index in [9.17, 15) is 0 Å². The Labute approximate surface area is 120 Å². The monoisotopic (exact) mass is 266 g/mol. The van der Waals surface area contributed by atoms with Gasteiger partial charge >= 0.3 is 0 Å². The van der Waals surface area contributed by atoms with Crippen LogP contribution >= 0.6 is 0 Å². The zero-order valence-electron chi connectivity index (χ0n) is 13.3. The summed E-state index contributed by atoms with van der Waals surface area (Å²) >= 11 is 0. The van der Waals surface area contributed by atoms with Crippen molar-refractivity contribution in [3.63, 3.8) is 0 Å². The third kappa shape index (κ3) is 4.75. The summed E-state index contributed by atoms with van der Waals surface area (Å²) in [4.78, 5) is 2.78. The molecule has 112 valence electrons. The predicted octanol–water partition coefficient (Wildman–Crippen LogP) is 3.67. The summed E-state index contributed by atoms with van der Waals surface area (Å²) in [7, 11) is 0. The van der Waals surface area contributed by atoms with Gasteiger partial charge in [0.1, 0.15) is 0 Å². The van der Waals surface area contributed by atoms with Crippen LogP contribution in [0.1, 0.15) is 65.7 Å². The highest BCUT2D eigenvalue weighted by molar-refractivity contribution is 4.85. The fraction of sp³-hybridized carbons (Fsp3) is 1.00. The lowest BCUT2D eigenvalue weighted by Gasteiger charge is -2.43. The normalized spacial score (nSPS) is 30.3. The molecule has 2 fully saturated rings. The lowest BCUT2D eigenvalue weighted by atomic mass is 9.75. The maximum Gasteiger partial charge on any atom is 0.00675 e. The molecule has 1 saturated carbocycles. The van der Waals surface area contributed by atoms with E-state index in [0.29, 0.717) is 6.04 Å². The van der Waals surface area contributed by atoms with Crippen LogP contribution in [0, 0.1) is 11.8 Å². The van der Waals surface area contributed by atoms with Crippen LogP contribution in [0.2, 0.25) is 0 Å². The Kier molecular flexibility index (Phi) is 6.15. The molecule has 2 rings (SSSR count). The third-order valence-electron chi connectivity index (χ3n) is 5.30. The van der Waals surface area contributed by atoms with Gasteiger partial charge in [0.25, 0.3) is 0 Å². The van der Waals surface area contributed by atoms with E-state index in [4.69, 9.17) is 0 Å². The Balaban J connectivity index is 1.66. The Morgan fingerprint density at radius 2 is 1.79 bits per heavy atom. The average Bonchev–Trinajstić information content (AvgIpc) is 2.42. The second-order valence-corrected chi connectivity index (χ2v) is 7.19. The van der Waals surface area contributed by atoms with Crippen LogP contribution in [0.4, 0.5) is 0 Å². The van der Waals surface area contributed by atoms with Crippen LogP contribution in [0.15, 0.2) is 0 Å². The van der Waals surface area contributed by atoms with Gasteiger partial charge in [-0.1, -0.05) is 33.1 Å². The molecule has 0 radical (unpaired) electrons. The van der Waals surface area contributed by atoms with Gasteiger partial charge in [0.05, 0.1) is 0 Å². The van der Waals surface area contributed by atoms with Crippen LogP contribution < -0.4 is 5.32 Å². The highest BCUT2D eigenvalue weighted by atomic mass is 15.2. The van der Waals surface area contributed by atoms with Crippen molar-refractivity contribution in [1.29, 1.82) is 0 Å². The van der Waals surface area contributed by atoms with Crippen molar-refractivity contribution in [1.82, 2.24) is 10.2 Å². The van der Waals surface area contributed by atoms with E-state index in [1.165, 1.54) is 64.6 Å². The number of fused-ring (bicyclic) bond motifs is 1. The molecule has 0 aromatic heterocycles. The van der Waals surface area contributed by atoms with Gasteiger partial charge in [-0.3, -0.25) is 0 Å². The summed E-state index contributed by atoms with van der Waals surface area (Å²) in [6, 6.07) is 1.42. The second-order valence-electron chi connectivity index (χ2n) is 7.19. The van der Waals surface area contributed by atoms with E-state index in [1.54, 1.807) is 0 Å². The molecule has 3 unspecified atom stereocenters. The van der Waals surface area contributed by atoms with E-state index < -0.39 is 0 Å². The number of likely N-dealkylation sites (tertiary alicyclic amines) is 1. The van der Waals surface area contributed by atoms with Gasteiger partial charge in [-0.2, -0.15) is 0 Å². The first-order chi connectivity index (χ1) is 9.16. The summed E-state index contributed by atoms with van der Waals surface area (Å²) < 4.78 is 0. The molecule has 0 spiro atoms. The molecule has 1 saturated heterocycles. The van der Waals surface area contributed by atoms with Gasteiger partial charge in [-0.05, 0) is 57.5 Å². The molecule has 1 aliphatic heterocycles. The number of rotatable bonds is 6. The zero-order chi connectivity index (χ0) is 13.7. The van der Waals surface area contributed by atoms with Crippen molar-refractivity contribution in [3.8, 4) is 0 Å². The van der Waals surface area contributed by atoms with E-state index in [2.05, 4.69) is 31.0 Å². The van der Waals surface area contributed by atoms with Gasteiger partial charge in [-0.25, -0.2) is 0 Å². The summed E-state index contributed by atoms with van der Waals surface area (Å²) in [6.07, 6.45) is 10.2. The summed E-state index contributed by atoms with van der Waals surface area (Å²) in [6.45, 7) is 10.8. The molecule has 0 bridgehead atoms. The zero-order valence-corrected chi connectivity index (χ0v) is 13.3. The first kappa shape index (κ1) is 15.3. The number of hydrogen-bond acceptors (Lipinski definition) is 2. The van der Waals surface area contributed by atoms with Gasteiger partial charge in [0.15, 0.2) is 0 Å². The summed E-state index contributed by atoms with van der Waals surface area (Å²) in [5, 5.41) is 3.53. The minimum Gasteiger partial charge on any atom is -0.315 e. The van der Waals surface area contributed by atoms with Crippen molar-refractivity contribution >= 4 is 0 Å². The first-order valence-electron chi connectivity index (χ1n) is 8.64. The molecule has 3 atom stereocenters. The van der Waals surface area contributed by atoms with E-state index in [1.807, 2.05) is 0 Å². The minimum absolute atomic E-state index is 0.633. The minimum atomic E-state index is 0.633. The van der Waals surface area contributed by atoms with Crippen LogP contribution in [-0.2, 0) is 0 Å². The van der Waals surface area contributed by atoms with Crippen molar-refractivity contribution in [3.05, 3.63) is 0 Å². The smallest absolute Gasteiger partial charge is 0.00675 e. The molecule has 2 aliphatic rings. The predicted molar refractivity (Wildman–Crippen MR) is 83.5 cm³/mol. The van der Waals surface area contributed by atoms with Gasteiger partial charge < -0.3 is 10.2 Å². The number of hydrogen-bond donors (Lipinski definition) is 1. The highest BCUT2D eigenvalue weighted by Gasteiger charge is 2.32. The maximum absolute atomic E-state index is 3.53. The number of piperidine rings is 1. The van der Waals surface area contributed by atoms with Crippen LogP contribution in [0.5, 0.6) is 0 Å². The largest absolute Gasteiger partial charge is 0.315 e. The molecule has 19 heavy (non-hydrogen) atoms. The second kappa shape index (κ2) is 7.64. The lowest BCUT2D eigenvalue weighted by Crippen LogP contribution is -2.46. The Bertz CT molecular complexity index is 252. The molecule has 2 heteroatoms. The van der Waals surface area contributed by atoms with Crippen LogP contribution in [0.3, 0.4) is 0 Å². The van der Waals surface area contributed by atoms with Crippen molar-refractivity contribution in [2.24, 2.45) is 11.8 Å². The Morgan fingerprint density at radius 1 is 1.05 bits per heavy atom. The fourth-order valence-electron chi connectivity index (χ4n) is 4.00. The summed E-state index contributed by atoms with van der Waals surface area (Å²) in [5.41, 5.74) is 0. The maximum atomic E-state index is 3.53. The molecule has 1 aliphatic carbocycles. The van der Waals surface area contributed by atoms with Gasteiger partial charge in [0, 0.05) is 18.6 Å². The Morgan fingerprint density at radius 3 is 2.53 bits per heavy atom. The molecule has 2 nitrogen and oxygen atoms in total. The topological polar surface area (TPSA) is 15.3 Å². The number of nitrogens with zero attached hydrogens (tertiary/aromatic N) is 1. The van der Waals surface area contributed by atoms with Gasteiger partial charge in [0.2, 0.25) is 0 Å². The van der Waals surface area contributed by atoms with E-state index in [0.717, 1.165) is 17.9 Å². The number of nitrogens with one attached hydrogen (secondary N) is 1. The van der Waals surface area contributed by atoms with Crippen molar-refractivity contribution in [2.45, 2.75) is 77.8 Å². The van der Waals surface area contributed by atoms with Gasteiger partial charge in [-0.15, -0.1) is 0 Å². The standard InChI is InChI=1S/C17H34N2/c1-14(2)18-11-6-7-15(3)19-12-10-16-8-4-5-9-17(16)13-19/h14-18H,4-13H2,1-3H3. The molecule has 0 aromatic carbocycles. The third-order valence-corrected chi connectivity index (χ3v) is 5.30. The molecule has 0 amide bonds. The molecule has 1 N–H and O–H groups in total. The average molecular weight is 266 g/mol. The quantitative estimate of drug-likeness (QED) is 0.738. The highest BCUT2D eigenvalue weighted by Crippen LogP contribution is 2.36. The Hall–Kier alpha value is -0.0800. The van der Waals surface area contributed by atoms with Crippen molar-refractivity contribution in [2.75, 3.05) is 19.6 Å².